The van der Waals surface area contributed by atoms with Crippen molar-refractivity contribution in [1.82, 2.24) is 0 Å². The van der Waals surface area contributed by atoms with Crippen LogP contribution in [0.15, 0.2) is 48.5 Å². The van der Waals surface area contributed by atoms with Gasteiger partial charge < -0.3 is 11.5 Å². The lowest BCUT2D eigenvalue weighted by Gasteiger charge is -2.08. The molecule has 16 heavy (non-hydrogen) atoms. The van der Waals surface area contributed by atoms with Crippen molar-refractivity contribution in [2.75, 3.05) is 11.5 Å². The Morgan fingerprint density at radius 3 is 2.25 bits per heavy atom. The molecule has 0 radical (unpaired) electrons. The lowest BCUT2D eigenvalue weighted by molar-refractivity contribution is 1.73. The standard InChI is InChI=1S/C14H12N2/c15-12-5-2-4-11-10(12)8-7-9-3-1-6-13(16)14(9)11/h1-8H,15-16H2. The molecule has 3 rings (SSSR count). The van der Waals surface area contributed by atoms with E-state index >= 15 is 0 Å². The van der Waals surface area contributed by atoms with E-state index in [2.05, 4.69) is 18.2 Å². The Kier molecular flexibility index (Phi) is 1.77. The van der Waals surface area contributed by atoms with E-state index in [1.54, 1.807) is 0 Å². The summed E-state index contributed by atoms with van der Waals surface area (Å²) in [7, 11) is 0. The Balaban J connectivity index is 2.64. The minimum atomic E-state index is 0.794. The maximum Gasteiger partial charge on any atom is 0.0400 e. The van der Waals surface area contributed by atoms with Gasteiger partial charge in [-0.3, -0.25) is 0 Å². The molecule has 3 aromatic rings. The van der Waals surface area contributed by atoms with Gasteiger partial charge in [-0.25, -0.2) is 0 Å². The van der Waals surface area contributed by atoms with Crippen molar-refractivity contribution in [3.8, 4) is 0 Å². The summed E-state index contributed by atoms with van der Waals surface area (Å²) in [6.07, 6.45) is 0. The zero-order valence-electron chi connectivity index (χ0n) is 8.77. The molecule has 2 nitrogen and oxygen atoms in total. The molecule has 0 amide bonds. The van der Waals surface area contributed by atoms with Crippen LogP contribution in [0.5, 0.6) is 0 Å². The first kappa shape index (κ1) is 9.04. The minimum Gasteiger partial charge on any atom is -0.398 e. The van der Waals surface area contributed by atoms with Crippen LogP contribution in [-0.4, -0.2) is 0 Å². The molecule has 0 bridgehead atoms. The van der Waals surface area contributed by atoms with Crippen LogP contribution in [0.1, 0.15) is 0 Å². The monoisotopic (exact) mass is 208 g/mol. The van der Waals surface area contributed by atoms with E-state index in [0.717, 1.165) is 32.9 Å². The summed E-state index contributed by atoms with van der Waals surface area (Å²) in [4.78, 5) is 0. The van der Waals surface area contributed by atoms with E-state index in [4.69, 9.17) is 11.5 Å². The van der Waals surface area contributed by atoms with Gasteiger partial charge in [0.1, 0.15) is 0 Å². The molecule has 0 spiro atoms. The highest BCUT2D eigenvalue weighted by Crippen LogP contribution is 2.32. The summed E-state index contributed by atoms with van der Waals surface area (Å²) in [5.41, 5.74) is 13.6. The number of hydrogen-bond donors (Lipinski definition) is 2. The molecular formula is C14H12N2. The Morgan fingerprint density at radius 2 is 1.38 bits per heavy atom. The lowest BCUT2D eigenvalue weighted by Crippen LogP contribution is -1.90. The van der Waals surface area contributed by atoms with Gasteiger partial charge in [-0.15, -0.1) is 0 Å². The molecular weight excluding hydrogens is 196 g/mol. The van der Waals surface area contributed by atoms with Crippen molar-refractivity contribution in [3.05, 3.63) is 48.5 Å². The quantitative estimate of drug-likeness (QED) is 0.440. The van der Waals surface area contributed by atoms with E-state index in [9.17, 15) is 0 Å². The molecule has 0 saturated heterocycles. The van der Waals surface area contributed by atoms with Gasteiger partial charge in [0.25, 0.3) is 0 Å². The number of hydrogen-bond acceptors (Lipinski definition) is 2. The van der Waals surface area contributed by atoms with Crippen molar-refractivity contribution < 1.29 is 0 Å². The number of nitrogens with two attached hydrogens (primary N) is 2. The predicted molar refractivity (Wildman–Crippen MR) is 70.3 cm³/mol. The highest BCUT2D eigenvalue weighted by molar-refractivity contribution is 6.15. The van der Waals surface area contributed by atoms with Crippen LogP contribution in [0.4, 0.5) is 11.4 Å². The van der Waals surface area contributed by atoms with Crippen molar-refractivity contribution in [2.24, 2.45) is 0 Å². The summed E-state index contributed by atoms with van der Waals surface area (Å²) >= 11 is 0. The third-order valence-electron chi connectivity index (χ3n) is 2.97. The zero-order valence-corrected chi connectivity index (χ0v) is 8.77. The fourth-order valence-electron chi connectivity index (χ4n) is 2.20. The second kappa shape index (κ2) is 3.14. The number of fused-ring (bicyclic) bond motifs is 3. The van der Waals surface area contributed by atoms with Crippen molar-refractivity contribution in [1.29, 1.82) is 0 Å². The Hall–Kier alpha value is -2.22. The van der Waals surface area contributed by atoms with Crippen LogP contribution in [-0.2, 0) is 0 Å². The summed E-state index contributed by atoms with van der Waals surface area (Å²) < 4.78 is 0. The third-order valence-corrected chi connectivity index (χ3v) is 2.97. The summed E-state index contributed by atoms with van der Waals surface area (Å²) in [5.74, 6) is 0. The maximum absolute atomic E-state index is 6.03. The summed E-state index contributed by atoms with van der Waals surface area (Å²) in [5, 5.41) is 4.42. The fourth-order valence-corrected chi connectivity index (χ4v) is 2.20. The van der Waals surface area contributed by atoms with Gasteiger partial charge in [-0.1, -0.05) is 36.4 Å². The van der Waals surface area contributed by atoms with Gasteiger partial charge in [-0.2, -0.15) is 0 Å². The van der Waals surface area contributed by atoms with Gasteiger partial charge in [0.15, 0.2) is 0 Å². The smallest absolute Gasteiger partial charge is 0.0400 e. The van der Waals surface area contributed by atoms with E-state index in [1.807, 2.05) is 30.3 Å². The van der Waals surface area contributed by atoms with E-state index in [0.29, 0.717) is 0 Å². The number of benzene rings is 3. The maximum atomic E-state index is 6.03. The van der Waals surface area contributed by atoms with Crippen LogP contribution >= 0.6 is 0 Å². The van der Waals surface area contributed by atoms with Crippen molar-refractivity contribution >= 4 is 32.9 Å². The molecule has 0 saturated carbocycles. The molecule has 0 aliphatic rings. The van der Waals surface area contributed by atoms with Crippen LogP contribution in [0.2, 0.25) is 0 Å². The molecule has 0 heterocycles. The van der Waals surface area contributed by atoms with Crippen molar-refractivity contribution in [3.63, 3.8) is 0 Å². The Morgan fingerprint density at radius 1 is 0.625 bits per heavy atom. The molecule has 0 atom stereocenters. The summed E-state index contributed by atoms with van der Waals surface area (Å²) in [6, 6.07) is 16.0. The topological polar surface area (TPSA) is 52.0 Å². The fraction of sp³-hybridized carbons (Fsp3) is 0. The molecule has 78 valence electrons. The third kappa shape index (κ3) is 1.13. The molecule has 0 fully saturated rings. The molecule has 4 N–H and O–H groups in total. The average molecular weight is 208 g/mol. The van der Waals surface area contributed by atoms with E-state index in [1.165, 1.54) is 0 Å². The van der Waals surface area contributed by atoms with Crippen LogP contribution < -0.4 is 11.5 Å². The SMILES string of the molecule is Nc1cccc2c1ccc1cccc(N)c12. The molecule has 2 heteroatoms. The molecule has 0 aromatic heterocycles. The predicted octanol–water partition coefficient (Wildman–Crippen LogP) is 3.16. The van der Waals surface area contributed by atoms with Gasteiger partial charge in [0.05, 0.1) is 0 Å². The highest BCUT2D eigenvalue weighted by Gasteiger charge is 2.04. The average Bonchev–Trinajstić information content (AvgIpc) is 2.29. The first-order valence-electron chi connectivity index (χ1n) is 5.23. The first-order chi connectivity index (χ1) is 7.77. The lowest BCUT2D eigenvalue weighted by atomic mass is 10.00. The number of nitrogen functional groups attached to an aromatic ring is 2. The van der Waals surface area contributed by atoms with E-state index < -0.39 is 0 Å². The van der Waals surface area contributed by atoms with Crippen LogP contribution in [0.3, 0.4) is 0 Å². The normalized spacial score (nSPS) is 11.0. The van der Waals surface area contributed by atoms with Gasteiger partial charge in [-0.05, 0) is 22.9 Å². The first-order valence-corrected chi connectivity index (χ1v) is 5.23. The molecule has 0 aliphatic carbocycles. The number of rotatable bonds is 0. The second-order valence-electron chi connectivity index (χ2n) is 3.95. The van der Waals surface area contributed by atoms with Gasteiger partial charge >= 0.3 is 0 Å². The van der Waals surface area contributed by atoms with Gasteiger partial charge in [0.2, 0.25) is 0 Å². The highest BCUT2D eigenvalue weighted by atomic mass is 14.6. The molecule has 0 unspecified atom stereocenters. The minimum absolute atomic E-state index is 0.794. The molecule has 0 aliphatic heterocycles. The molecule has 3 aromatic carbocycles. The number of anilines is 2. The van der Waals surface area contributed by atoms with Crippen molar-refractivity contribution in [2.45, 2.75) is 0 Å². The largest absolute Gasteiger partial charge is 0.398 e. The van der Waals surface area contributed by atoms with Crippen LogP contribution in [0.25, 0.3) is 21.5 Å². The van der Waals surface area contributed by atoms with Gasteiger partial charge in [0, 0.05) is 22.1 Å². The zero-order chi connectivity index (χ0) is 11.1. The van der Waals surface area contributed by atoms with E-state index in [-0.39, 0.29) is 0 Å². The Bertz CT molecular complexity index is 687. The van der Waals surface area contributed by atoms with Crippen LogP contribution in [0, 0.1) is 0 Å². The Labute approximate surface area is 93.5 Å². The summed E-state index contributed by atoms with van der Waals surface area (Å²) in [6.45, 7) is 0. The second-order valence-corrected chi connectivity index (χ2v) is 3.95.